The van der Waals surface area contributed by atoms with Gasteiger partial charge in [0.25, 0.3) is 0 Å². The van der Waals surface area contributed by atoms with Gasteiger partial charge in [0.05, 0.1) is 11.8 Å². The Bertz CT molecular complexity index is 1050. The first-order chi connectivity index (χ1) is 15.0. The van der Waals surface area contributed by atoms with Crippen molar-refractivity contribution in [3.63, 3.8) is 0 Å². The van der Waals surface area contributed by atoms with Gasteiger partial charge in [-0.15, -0.1) is 0 Å². The summed E-state index contributed by atoms with van der Waals surface area (Å²) in [5.41, 5.74) is 3.49. The molecule has 2 aromatic rings. The van der Waals surface area contributed by atoms with Crippen molar-refractivity contribution in [3.05, 3.63) is 59.2 Å². The maximum atomic E-state index is 12.2. The molecular weight excluding hydrogens is 432 g/mol. The molecule has 1 aliphatic heterocycles. The van der Waals surface area contributed by atoms with Crippen molar-refractivity contribution < 1.29 is 28.2 Å². The molecule has 3 N–H and O–H groups in total. The Morgan fingerprint density at radius 2 is 1.84 bits per heavy atom. The van der Waals surface area contributed by atoms with Crippen LogP contribution >= 0.6 is 0 Å². The van der Waals surface area contributed by atoms with Crippen molar-refractivity contribution >= 4 is 22.3 Å². The molecule has 0 bridgehead atoms. The van der Waals surface area contributed by atoms with Crippen molar-refractivity contribution in [2.24, 2.45) is 5.41 Å². The van der Waals surface area contributed by atoms with Gasteiger partial charge in [-0.1, -0.05) is 38.1 Å². The van der Waals surface area contributed by atoms with Crippen molar-refractivity contribution in [1.82, 2.24) is 0 Å². The standard InChI is InChI=1S/C23H29NO4.HNO2S/c1-16-14-17(8-9-20(16)25)21(26)10-11-23(2,3)12-13-24-19-7-5-4-6-18(19)15-28-22(24)27;1-4(2)3/h4-9,14,21,25-26H,10-13,15H2,1-3H3;1H. The predicted molar refractivity (Wildman–Crippen MR) is 121 cm³/mol. The van der Waals surface area contributed by atoms with Crippen LogP contribution in [0.4, 0.5) is 10.5 Å². The van der Waals surface area contributed by atoms with Gasteiger partial charge in [-0.25, -0.2) is 4.79 Å². The van der Waals surface area contributed by atoms with Gasteiger partial charge in [0.15, 0.2) is 0 Å². The number of rotatable bonds is 7. The maximum Gasteiger partial charge on any atom is 0.414 e. The molecule has 8 nitrogen and oxygen atoms in total. The van der Waals surface area contributed by atoms with Crippen LogP contribution in [-0.2, 0) is 21.8 Å². The van der Waals surface area contributed by atoms with E-state index >= 15 is 0 Å². The summed E-state index contributed by atoms with van der Waals surface area (Å²) in [6, 6.07) is 13.0. The van der Waals surface area contributed by atoms with Gasteiger partial charge in [-0.05, 0) is 60.9 Å². The number of ether oxygens (including phenoxy) is 1. The Hall–Kier alpha value is -2.91. The number of aliphatic hydroxyl groups is 1. The van der Waals surface area contributed by atoms with Gasteiger partial charge in [-0.3, -0.25) is 4.90 Å². The van der Waals surface area contributed by atoms with Crippen molar-refractivity contribution in [1.29, 1.82) is 4.78 Å². The summed E-state index contributed by atoms with van der Waals surface area (Å²) in [4.78, 5) is 13.9. The van der Waals surface area contributed by atoms with E-state index in [0.29, 0.717) is 19.6 Å². The summed E-state index contributed by atoms with van der Waals surface area (Å²) in [5, 5.41) is 20.2. The van der Waals surface area contributed by atoms with Gasteiger partial charge in [0.2, 0.25) is 0 Å². The zero-order valence-electron chi connectivity index (χ0n) is 18.5. The maximum absolute atomic E-state index is 12.2. The number of nitrogens with one attached hydrogen (secondary N) is 1. The van der Waals surface area contributed by atoms with Crippen molar-refractivity contribution in [3.8, 4) is 5.75 Å². The first kappa shape index (κ1) is 25.4. The second-order valence-electron chi connectivity index (χ2n) is 8.58. The van der Waals surface area contributed by atoms with Crippen LogP contribution in [0.2, 0.25) is 0 Å². The lowest BCUT2D eigenvalue weighted by molar-refractivity contribution is 0.134. The lowest BCUT2D eigenvalue weighted by atomic mass is 9.82. The smallest absolute Gasteiger partial charge is 0.414 e. The van der Waals surface area contributed by atoms with E-state index in [9.17, 15) is 15.0 Å². The number of aryl methyl sites for hydroxylation is 1. The van der Waals surface area contributed by atoms with E-state index in [1.807, 2.05) is 37.3 Å². The van der Waals surface area contributed by atoms with Crippen LogP contribution in [0.25, 0.3) is 0 Å². The number of hydrogen-bond donors (Lipinski definition) is 3. The van der Waals surface area contributed by atoms with Crippen LogP contribution in [0.5, 0.6) is 5.75 Å². The Morgan fingerprint density at radius 3 is 2.50 bits per heavy atom. The second kappa shape index (κ2) is 11.1. The highest BCUT2D eigenvalue weighted by Crippen LogP contribution is 2.34. The third-order valence-electron chi connectivity index (χ3n) is 5.57. The molecule has 1 amide bonds. The molecule has 1 atom stereocenters. The zero-order valence-corrected chi connectivity index (χ0v) is 19.4. The molecule has 0 radical (unpaired) electrons. The number of benzene rings is 2. The summed E-state index contributed by atoms with van der Waals surface area (Å²) < 4.78 is 28.1. The summed E-state index contributed by atoms with van der Waals surface area (Å²) in [5.74, 6) is 0.241. The highest BCUT2D eigenvalue weighted by atomic mass is 32.2. The van der Waals surface area contributed by atoms with Gasteiger partial charge >= 0.3 is 16.6 Å². The molecular formula is C23H30N2O6S. The quantitative estimate of drug-likeness (QED) is 0.546. The average molecular weight is 463 g/mol. The van der Waals surface area contributed by atoms with Gasteiger partial charge in [0.1, 0.15) is 12.4 Å². The van der Waals surface area contributed by atoms with Crippen molar-refractivity contribution in [2.45, 2.75) is 52.7 Å². The monoisotopic (exact) mass is 462 g/mol. The molecule has 0 saturated heterocycles. The van der Waals surface area contributed by atoms with E-state index in [1.165, 1.54) is 0 Å². The molecule has 32 heavy (non-hydrogen) atoms. The van der Waals surface area contributed by atoms with Crippen LogP contribution in [0.15, 0.2) is 42.5 Å². The first-order valence-corrected chi connectivity index (χ1v) is 11.4. The zero-order chi connectivity index (χ0) is 23.9. The number of cyclic esters (lactones) is 1. The highest BCUT2D eigenvalue weighted by molar-refractivity contribution is 7.60. The number of carbonyl (C=O) groups is 1. The highest BCUT2D eigenvalue weighted by Gasteiger charge is 2.28. The number of aromatic hydroxyl groups is 1. The largest absolute Gasteiger partial charge is 0.508 e. The number of amides is 1. The number of anilines is 1. The molecule has 174 valence electrons. The topological polar surface area (TPSA) is 128 Å². The normalized spacial score (nSPS) is 14.0. The molecule has 1 heterocycles. The van der Waals surface area contributed by atoms with E-state index in [1.54, 1.807) is 17.0 Å². The number of carbonyl (C=O) groups excluding carboxylic acids is 1. The van der Waals surface area contributed by atoms with Crippen molar-refractivity contribution in [2.75, 3.05) is 11.4 Å². The number of hydrogen-bond acceptors (Lipinski definition) is 7. The molecule has 0 spiro atoms. The Balaban J connectivity index is 0.000000837. The molecule has 0 aliphatic carbocycles. The number of phenols is 1. The Morgan fingerprint density at radius 1 is 1.19 bits per heavy atom. The minimum Gasteiger partial charge on any atom is -0.508 e. The summed E-state index contributed by atoms with van der Waals surface area (Å²) >= 11 is 0. The Kier molecular flexibility index (Phi) is 8.80. The van der Waals surface area contributed by atoms with Gasteiger partial charge in [-0.2, -0.15) is 13.2 Å². The first-order valence-electron chi connectivity index (χ1n) is 10.3. The molecule has 0 aromatic heterocycles. The van der Waals surface area contributed by atoms with E-state index in [-0.39, 0.29) is 17.3 Å². The number of phenolic OH excluding ortho intramolecular Hbond substituents is 1. The van der Waals surface area contributed by atoms with Crippen LogP contribution in [0, 0.1) is 17.1 Å². The molecule has 1 aliphatic rings. The summed E-state index contributed by atoms with van der Waals surface area (Å²) in [7, 11) is -2.61. The molecule has 0 saturated carbocycles. The minimum absolute atomic E-state index is 0.0420. The third-order valence-corrected chi connectivity index (χ3v) is 5.57. The van der Waals surface area contributed by atoms with Gasteiger partial charge < -0.3 is 14.9 Å². The molecule has 2 aromatic carbocycles. The average Bonchev–Trinajstić information content (AvgIpc) is 2.73. The second-order valence-corrected chi connectivity index (χ2v) is 9.05. The van der Waals surface area contributed by atoms with Crippen LogP contribution in [0.3, 0.4) is 0 Å². The van der Waals surface area contributed by atoms with Gasteiger partial charge in [0, 0.05) is 12.1 Å². The molecule has 0 fully saturated rings. The molecule has 3 rings (SSSR count). The fourth-order valence-corrected chi connectivity index (χ4v) is 3.54. The molecule has 1 unspecified atom stereocenters. The lowest BCUT2D eigenvalue weighted by Crippen LogP contribution is -2.38. The minimum atomic E-state index is -2.61. The van der Waals surface area contributed by atoms with Crippen LogP contribution in [-0.4, -0.2) is 31.3 Å². The number of aliphatic hydroxyl groups excluding tert-OH is 1. The fraction of sp³-hybridized carbons (Fsp3) is 0.435. The predicted octanol–water partition coefficient (Wildman–Crippen LogP) is 4.72. The van der Waals surface area contributed by atoms with E-state index in [4.69, 9.17) is 17.9 Å². The van der Waals surface area contributed by atoms with E-state index in [0.717, 1.165) is 35.2 Å². The Labute approximate surface area is 190 Å². The van der Waals surface area contributed by atoms with Crippen LogP contribution < -0.4 is 4.90 Å². The lowest BCUT2D eigenvalue weighted by Gasteiger charge is -2.33. The number of fused-ring (bicyclic) bond motifs is 1. The van der Waals surface area contributed by atoms with Crippen LogP contribution in [0.1, 0.15) is 55.9 Å². The number of nitrogens with zero attached hydrogens (tertiary/aromatic N) is 1. The van der Waals surface area contributed by atoms with E-state index < -0.39 is 16.6 Å². The SMILES string of the molecule is Cc1cc(C(O)CCC(C)(C)CCN2C(=O)OCc3ccccc32)ccc1O.N=S(=O)=O. The summed E-state index contributed by atoms with van der Waals surface area (Å²) in [6.07, 6.45) is 1.38. The third kappa shape index (κ3) is 7.35. The number of para-hydroxylation sites is 1. The molecule has 9 heteroatoms. The summed E-state index contributed by atoms with van der Waals surface area (Å²) in [6.45, 7) is 7.04. The van der Waals surface area contributed by atoms with E-state index in [2.05, 4.69) is 13.8 Å². The fourth-order valence-electron chi connectivity index (χ4n) is 3.54.